The Bertz CT molecular complexity index is 6090. The fourth-order valence-corrected chi connectivity index (χ4v) is 18.8. The van der Waals surface area contributed by atoms with Crippen LogP contribution in [0.2, 0.25) is 0 Å². The van der Waals surface area contributed by atoms with E-state index in [1.165, 1.54) is 49.9 Å². The Kier molecular flexibility index (Phi) is 34.8. The van der Waals surface area contributed by atoms with Gasteiger partial charge in [-0.15, -0.1) is 0 Å². The number of sulfonamides is 3. The van der Waals surface area contributed by atoms with Crippen molar-refractivity contribution < 1.29 is 66.5 Å². The Hall–Kier alpha value is -11.1. The van der Waals surface area contributed by atoms with E-state index < -0.39 is 30.1 Å². The zero-order valence-corrected chi connectivity index (χ0v) is 78.6. The van der Waals surface area contributed by atoms with Crippen molar-refractivity contribution in [3.8, 4) is 0 Å². The van der Waals surface area contributed by atoms with Crippen molar-refractivity contribution in [3.05, 3.63) is 229 Å². The van der Waals surface area contributed by atoms with E-state index in [1.807, 2.05) is 124 Å². The number of amides is 4. The molecular formula is C96H125N13O15S3. The second-order valence-electron chi connectivity index (χ2n) is 35.3. The Balaban J connectivity index is 0.000000177. The molecule has 0 saturated heterocycles. The van der Waals surface area contributed by atoms with Crippen LogP contribution < -0.4 is 10.6 Å². The molecule has 13 rings (SSSR count). The van der Waals surface area contributed by atoms with E-state index >= 15 is 0 Å². The van der Waals surface area contributed by atoms with Crippen LogP contribution in [0.25, 0.3) is 54.8 Å². The lowest BCUT2D eigenvalue weighted by Crippen LogP contribution is -2.46. The number of carbonyl (C=O) groups excluding carboxylic acids is 4. The number of pyridine rings is 1. The molecule has 682 valence electrons. The number of hydrogen-bond donors (Lipinski definition) is 2. The number of aryl methyl sites for hydroxylation is 3. The molecule has 0 saturated carbocycles. The molecule has 4 amide bonds. The summed E-state index contributed by atoms with van der Waals surface area (Å²) in [4.78, 5) is 62.7. The molecule has 127 heavy (non-hydrogen) atoms. The third-order valence-electron chi connectivity index (χ3n) is 20.6. The van der Waals surface area contributed by atoms with Gasteiger partial charge in [0.15, 0.2) is 0 Å². The van der Waals surface area contributed by atoms with Crippen LogP contribution >= 0.6 is 0 Å². The zero-order chi connectivity index (χ0) is 92.0. The predicted molar refractivity (Wildman–Crippen MR) is 495 cm³/mol. The first-order chi connectivity index (χ1) is 60.3. The second-order valence-corrected chi connectivity index (χ2v) is 41.1. The molecule has 28 nitrogen and oxygen atoms in total. The summed E-state index contributed by atoms with van der Waals surface area (Å²) in [6, 6.07) is 44.1. The molecule has 2 N–H and O–H groups in total. The highest BCUT2D eigenvalue weighted by Gasteiger charge is 2.35. The molecule has 0 bridgehead atoms. The van der Waals surface area contributed by atoms with Crippen LogP contribution in [0.5, 0.6) is 0 Å². The quantitative estimate of drug-likeness (QED) is 0.0361. The number of nitrogens with one attached hydrogen (secondary N) is 2. The highest BCUT2D eigenvalue weighted by molar-refractivity contribution is 7.89. The number of hydrogen-bond acceptors (Lipinski definition) is 19. The van der Waals surface area contributed by atoms with Gasteiger partial charge in [-0.05, 0) is 206 Å². The molecule has 31 heteroatoms. The third kappa shape index (κ3) is 28.2. The summed E-state index contributed by atoms with van der Waals surface area (Å²) < 4.78 is 116. The predicted octanol–water partition coefficient (Wildman–Crippen LogP) is 16.4. The summed E-state index contributed by atoms with van der Waals surface area (Å²) in [5.41, 5.74) is 8.71. The number of benzene rings is 5. The number of fused-ring (bicyclic) bond motifs is 5. The number of furan rings is 5. The van der Waals surface area contributed by atoms with Crippen molar-refractivity contribution in [2.75, 3.05) is 72.0 Å². The van der Waals surface area contributed by atoms with Gasteiger partial charge in [0.2, 0.25) is 53.7 Å². The summed E-state index contributed by atoms with van der Waals surface area (Å²) in [7, 11) is -10.1. The molecule has 8 heterocycles. The fraction of sp³-hybridized carbons (Fsp3) is 0.427. The largest absolute Gasteiger partial charge is 0.464 e. The van der Waals surface area contributed by atoms with Gasteiger partial charge in [0.05, 0.1) is 114 Å². The van der Waals surface area contributed by atoms with Crippen molar-refractivity contribution in [2.24, 2.45) is 48.5 Å². The smallest absolute Gasteiger partial charge is 0.243 e. The molecule has 0 aliphatic carbocycles. The van der Waals surface area contributed by atoms with E-state index in [0.29, 0.717) is 116 Å². The van der Waals surface area contributed by atoms with Crippen LogP contribution in [0.4, 0.5) is 0 Å². The van der Waals surface area contributed by atoms with Gasteiger partial charge in [-0.1, -0.05) is 115 Å². The average molecular weight is 1800 g/mol. The average Bonchev–Trinajstić information content (AvgIpc) is 1.78. The van der Waals surface area contributed by atoms with E-state index in [2.05, 4.69) is 79.5 Å². The minimum absolute atomic E-state index is 0.00946. The van der Waals surface area contributed by atoms with Gasteiger partial charge in [0, 0.05) is 105 Å². The van der Waals surface area contributed by atoms with Crippen molar-refractivity contribution in [3.63, 3.8) is 0 Å². The normalized spacial score (nSPS) is 12.4. The topological polar surface area (TPSA) is 328 Å². The summed E-state index contributed by atoms with van der Waals surface area (Å²) in [6.07, 6.45) is 12.0. The van der Waals surface area contributed by atoms with Crippen LogP contribution in [-0.4, -0.2) is 179 Å². The monoisotopic (exact) mass is 1800 g/mol. The highest BCUT2D eigenvalue weighted by Crippen LogP contribution is 2.30. The maximum atomic E-state index is 13.7. The lowest BCUT2D eigenvalue weighted by atomic mass is 10.0. The van der Waals surface area contributed by atoms with Crippen LogP contribution in [0.15, 0.2) is 232 Å². The summed E-state index contributed by atoms with van der Waals surface area (Å²) >= 11 is 0. The fourth-order valence-electron chi connectivity index (χ4n) is 14.6. The minimum atomic E-state index is -3.96. The SMILES string of the molecule is CC(C)CN(CC(C)C)C(=O)CN(Cc1ccccn1)S(=O)(=O)c1ccc2occc2c1.CC(C)CNC(=O)[C@@H](Cc1ccc2occc2c1)NCc1ccc2occc2c1.Cc1cc(CN(CC(=O)N(CC(C)C)CC(C)C)S(=O)(=O)c2ccc3occc3c2)n(C)n1.Cc1ccn(CCN(CC(=O)N(CC(C)C)CC(C)C)S(=O)(=O)c2ccc3occc3c2)n1. The first-order valence-corrected chi connectivity index (χ1v) is 47.7. The van der Waals surface area contributed by atoms with Crippen LogP contribution in [0, 0.1) is 55.3 Å². The van der Waals surface area contributed by atoms with E-state index in [-0.39, 0.29) is 119 Å². The van der Waals surface area contributed by atoms with Crippen LogP contribution in [-0.2, 0) is 88.9 Å². The van der Waals surface area contributed by atoms with E-state index in [0.717, 1.165) is 44.5 Å². The number of nitrogens with zero attached hydrogens (tertiary/aromatic N) is 11. The number of aromatic nitrogens is 5. The Labute approximate surface area is 747 Å². The van der Waals surface area contributed by atoms with E-state index in [1.54, 1.807) is 123 Å². The van der Waals surface area contributed by atoms with Crippen molar-refractivity contribution in [1.29, 1.82) is 0 Å². The van der Waals surface area contributed by atoms with Gasteiger partial charge >= 0.3 is 0 Å². The summed E-state index contributed by atoms with van der Waals surface area (Å²) in [5, 5.41) is 19.4. The molecule has 0 aliphatic rings. The molecular weight excluding hydrogens is 1670 g/mol. The van der Waals surface area contributed by atoms with Gasteiger partial charge in [0.25, 0.3) is 0 Å². The molecule has 0 spiro atoms. The highest BCUT2D eigenvalue weighted by atomic mass is 32.2. The molecule has 0 fully saturated rings. The molecule has 8 aromatic heterocycles. The van der Waals surface area contributed by atoms with Crippen LogP contribution in [0.3, 0.4) is 0 Å². The Morgan fingerprint density at radius 3 is 1.18 bits per heavy atom. The Morgan fingerprint density at radius 2 is 0.803 bits per heavy atom. The lowest BCUT2D eigenvalue weighted by Gasteiger charge is -2.29. The minimum Gasteiger partial charge on any atom is -0.464 e. The molecule has 0 aliphatic heterocycles. The van der Waals surface area contributed by atoms with Crippen molar-refractivity contribution >= 4 is 109 Å². The third-order valence-corrected chi connectivity index (χ3v) is 26.0. The summed E-state index contributed by atoms with van der Waals surface area (Å²) in [5.74, 6) is 1.51. The zero-order valence-electron chi connectivity index (χ0n) is 76.2. The van der Waals surface area contributed by atoms with Crippen LogP contribution in [0.1, 0.15) is 131 Å². The molecule has 0 radical (unpaired) electrons. The second kappa shape index (κ2) is 45.1. The standard InChI is InChI=1S/2C24H34N4O4S.C24H31N3O4S.C24H26N2O3/c1-17(2)13-27(14-18(3)4)24(29)16-28(15-21-11-19(5)25-26(21)6)33(30,31)22-7-8-23-20(12-22)9-10-32-23;1-18(2)15-26(16-19(3)4)24(29)17-28(12-11-27-10-8-20(5)25-27)33(30,31)22-6-7-23-21(14-22)9-13-32-23;1-18(2)14-26(15-19(3)4)24(28)17-27(16-21-7-5-6-11-25-21)32(29,30)22-8-9-23-20(13-22)10-12-31-23;1-16(2)14-26-24(27)21(13-17-3-5-22-19(11-17)7-9-28-22)25-15-18-4-6-23-20(12-18)8-10-29-23/h7-12,17-18H,13-16H2,1-6H3;6-10,13-14,18-19H,11-12,15-17H2,1-5H3;5-13,18-19H,14-17H2,1-4H3;3-12,16,21,25H,13-15H2,1-2H3,(H,26,27)/t;;;21-/m...1/s1. The summed E-state index contributed by atoms with van der Waals surface area (Å²) in [6.45, 7) is 37.1. The maximum absolute atomic E-state index is 13.7. The molecule has 13 aromatic rings. The Morgan fingerprint density at radius 1 is 0.417 bits per heavy atom. The first kappa shape index (κ1) is 98.1. The number of rotatable bonds is 39. The number of carbonyl (C=O) groups is 4. The van der Waals surface area contributed by atoms with Gasteiger partial charge in [-0.25, -0.2) is 25.3 Å². The van der Waals surface area contributed by atoms with Gasteiger partial charge in [0.1, 0.15) is 27.9 Å². The molecule has 1 atom stereocenters. The van der Waals surface area contributed by atoms with Gasteiger partial charge in [-0.3, -0.25) is 33.5 Å². The van der Waals surface area contributed by atoms with E-state index in [9.17, 15) is 44.4 Å². The first-order valence-electron chi connectivity index (χ1n) is 43.4. The van der Waals surface area contributed by atoms with E-state index in [4.69, 9.17) is 22.1 Å². The van der Waals surface area contributed by atoms with Crippen molar-refractivity contribution in [1.82, 2.24) is 62.8 Å². The molecule has 0 unspecified atom stereocenters. The van der Waals surface area contributed by atoms with Gasteiger partial charge < -0.3 is 47.4 Å². The maximum Gasteiger partial charge on any atom is 0.243 e. The molecule has 5 aromatic carbocycles. The van der Waals surface area contributed by atoms with Crippen molar-refractivity contribution in [2.45, 2.75) is 164 Å². The van der Waals surface area contributed by atoms with Gasteiger partial charge in [-0.2, -0.15) is 23.1 Å². The lowest BCUT2D eigenvalue weighted by molar-refractivity contribution is -0.133.